The lowest BCUT2D eigenvalue weighted by atomic mass is 10.1. The van der Waals surface area contributed by atoms with E-state index in [9.17, 15) is 0 Å². The molecule has 90 valence electrons. The average Bonchev–Trinajstić information content (AvgIpc) is 2.26. The van der Waals surface area contributed by atoms with Crippen LogP contribution in [0.3, 0.4) is 0 Å². The normalized spacial score (nSPS) is 12.8. The maximum Gasteiger partial charge on any atom is 0.0465 e. The van der Waals surface area contributed by atoms with Gasteiger partial charge in [-0.2, -0.15) is 0 Å². The second kappa shape index (κ2) is 7.39. The fraction of sp³-hybridized carbons (Fsp3) is 0.500. The van der Waals surface area contributed by atoms with Gasteiger partial charge in [-0.25, -0.2) is 0 Å². The Morgan fingerprint density at radius 1 is 1.31 bits per heavy atom. The van der Waals surface area contributed by atoms with Crippen LogP contribution in [0.1, 0.15) is 25.3 Å². The fourth-order valence-corrected chi connectivity index (χ4v) is 2.24. The molecule has 1 atom stereocenters. The van der Waals surface area contributed by atoms with E-state index in [1.807, 2.05) is 12.1 Å². The molecule has 1 unspecified atom stereocenters. The van der Waals surface area contributed by atoms with Gasteiger partial charge >= 0.3 is 0 Å². The maximum atomic E-state index is 6.08. The summed E-state index contributed by atoms with van der Waals surface area (Å²) in [5.74, 6) is 0.680. The van der Waals surface area contributed by atoms with Crippen molar-refractivity contribution < 1.29 is 0 Å². The van der Waals surface area contributed by atoms with Crippen molar-refractivity contribution >= 4 is 34.8 Å². The Hall–Kier alpha value is 0.0500. The molecule has 0 aliphatic rings. The van der Waals surface area contributed by atoms with Crippen LogP contribution >= 0.6 is 34.8 Å². The van der Waals surface area contributed by atoms with Crippen LogP contribution in [0.4, 0.5) is 0 Å². The second-order valence-electron chi connectivity index (χ2n) is 3.70. The van der Waals surface area contributed by atoms with Gasteiger partial charge < -0.3 is 5.32 Å². The summed E-state index contributed by atoms with van der Waals surface area (Å²) in [6.07, 6.45) is 2.04. The van der Waals surface area contributed by atoms with Crippen LogP contribution in [-0.4, -0.2) is 11.9 Å². The van der Waals surface area contributed by atoms with E-state index in [2.05, 4.69) is 12.2 Å². The number of nitrogens with one attached hydrogen (secondary N) is 1. The molecule has 0 heterocycles. The van der Waals surface area contributed by atoms with Crippen molar-refractivity contribution in [3.8, 4) is 0 Å². The molecule has 0 aliphatic carbocycles. The smallest absolute Gasteiger partial charge is 0.0465 e. The number of rotatable bonds is 6. The summed E-state index contributed by atoms with van der Waals surface area (Å²) in [5.41, 5.74) is 1.07. The van der Waals surface area contributed by atoms with E-state index in [-0.39, 0.29) is 0 Å². The van der Waals surface area contributed by atoms with E-state index in [0.717, 1.165) is 24.9 Å². The summed E-state index contributed by atoms with van der Waals surface area (Å²) >= 11 is 17.6. The molecule has 1 rings (SSSR count). The van der Waals surface area contributed by atoms with Crippen molar-refractivity contribution in [1.29, 1.82) is 0 Å². The summed E-state index contributed by atoms with van der Waals surface area (Å²) < 4.78 is 0. The van der Waals surface area contributed by atoms with Crippen LogP contribution in [0.25, 0.3) is 0 Å². The first-order valence-electron chi connectivity index (χ1n) is 5.40. The molecule has 0 bridgehead atoms. The van der Waals surface area contributed by atoms with Crippen molar-refractivity contribution in [3.63, 3.8) is 0 Å². The number of hydrogen-bond donors (Lipinski definition) is 1. The zero-order chi connectivity index (χ0) is 12.0. The Labute approximate surface area is 112 Å². The van der Waals surface area contributed by atoms with Crippen molar-refractivity contribution in [2.24, 2.45) is 0 Å². The van der Waals surface area contributed by atoms with Gasteiger partial charge in [-0.3, -0.25) is 0 Å². The lowest BCUT2D eigenvalue weighted by molar-refractivity contribution is 0.486. The van der Waals surface area contributed by atoms with Gasteiger partial charge in [0.25, 0.3) is 0 Å². The molecule has 0 aromatic heterocycles. The Balaban J connectivity index is 2.53. The lowest BCUT2D eigenvalue weighted by Gasteiger charge is -2.16. The largest absolute Gasteiger partial charge is 0.310 e. The van der Waals surface area contributed by atoms with E-state index in [1.165, 1.54) is 0 Å². The highest BCUT2D eigenvalue weighted by atomic mass is 35.5. The minimum absolute atomic E-state index is 0.448. The monoisotopic (exact) mass is 279 g/mol. The first kappa shape index (κ1) is 14.1. The van der Waals surface area contributed by atoms with Gasteiger partial charge in [0.2, 0.25) is 0 Å². The van der Waals surface area contributed by atoms with Crippen LogP contribution < -0.4 is 5.32 Å². The molecule has 4 heteroatoms. The molecule has 1 aromatic carbocycles. The highest BCUT2D eigenvalue weighted by Gasteiger charge is 2.06. The maximum absolute atomic E-state index is 6.08. The Morgan fingerprint density at radius 3 is 2.62 bits per heavy atom. The molecule has 16 heavy (non-hydrogen) atoms. The average molecular weight is 281 g/mol. The number of hydrogen-bond acceptors (Lipinski definition) is 1. The van der Waals surface area contributed by atoms with Crippen LogP contribution in [0.5, 0.6) is 0 Å². The molecule has 1 N–H and O–H groups in total. The number of benzene rings is 1. The number of alkyl halides is 1. The zero-order valence-electron chi connectivity index (χ0n) is 9.27. The van der Waals surface area contributed by atoms with E-state index in [0.29, 0.717) is 22.0 Å². The fourth-order valence-electron chi connectivity index (χ4n) is 1.50. The molecule has 1 nitrogen and oxygen atoms in total. The van der Waals surface area contributed by atoms with Crippen molar-refractivity contribution in [2.75, 3.05) is 5.88 Å². The van der Waals surface area contributed by atoms with Crippen molar-refractivity contribution in [2.45, 2.75) is 32.4 Å². The van der Waals surface area contributed by atoms with Gasteiger partial charge in [-0.05, 0) is 30.5 Å². The van der Waals surface area contributed by atoms with Gasteiger partial charge in [0, 0.05) is 28.5 Å². The zero-order valence-corrected chi connectivity index (χ0v) is 11.5. The summed E-state index contributed by atoms with van der Waals surface area (Å²) in [7, 11) is 0. The Morgan fingerprint density at radius 2 is 2.06 bits per heavy atom. The predicted molar refractivity (Wildman–Crippen MR) is 72.7 cm³/mol. The van der Waals surface area contributed by atoms with Gasteiger partial charge in [0.05, 0.1) is 0 Å². The Kier molecular flexibility index (Phi) is 6.52. The molecule has 0 aliphatic heterocycles. The van der Waals surface area contributed by atoms with E-state index >= 15 is 0 Å². The molecular weight excluding hydrogens is 264 g/mol. The third-order valence-electron chi connectivity index (χ3n) is 2.55. The summed E-state index contributed by atoms with van der Waals surface area (Å²) in [4.78, 5) is 0. The highest BCUT2D eigenvalue weighted by molar-refractivity contribution is 6.35. The first-order valence-corrected chi connectivity index (χ1v) is 6.69. The SMILES string of the molecule is CCC(CCCl)NCc1ccc(Cl)cc1Cl. The van der Waals surface area contributed by atoms with E-state index in [1.54, 1.807) is 6.07 Å². The molecule has 0 amide bonds. The first-order chi connectivity index (χ1) is 7.67. The summed E-state index contributed by atoms with van der Waals surface area (Å²) in [6, 6.07) is 6.02. The molecular formula is C12H16Cl3N. The minimum atomic E-state index is 0.448. The minimum Gasteiger partial charge on any atom is -0.310 e. The van der Waals surface area contributed by atoms with Gasteiger partial charge in [0.15, 0.2) is 0 Å². The topological polar surface area (TPSA) is 12.0 Å². The third-order valence-corrected chi connectivity index (χ3v) is 3.35. The van der Waals surface area contributed by atoms with Crippen LogP contribution in [0, 0.1) is 0 Å². The van der Waals surface area contributed by atoms with Crippen molar-refractivity contribution in [1.82, 2.24) is 5.32 Å². The quantitative estimate of drug-likeness (QED) is 0.757. The molecule has 1 aromatic rings. The van der Waals surface area contributed by atoms with Crippen LogP contribution in [0.2, 0.25) is 10.0 Å². The summed E-state index contributed by atoms with van der Waals surface area (Å²) in [5, 5.41) is 4.81. The molecule has 0 saturated heterocycles. The van der Waals surface area contributed by atoms with Gasteiger partial charge in [0.1, 0.15) is 0 Å². The van der Waals surface area contributed by atoms with Crippen LogP contribution in [0.15, 0.2) is 18.2 Å². The summed E-state index contributed by atoms with van der Waals surface area (Å²) in [6.45, 7) is 2.90. The van der Waals surface area contributed by atoms with E-state index < -0.39 is 0 Å². The van der Waals surface area contributed by atoms with Crippen molar-refractivity contribution in [3.05, 3.63) is 33.8 Å². The molecule has 0 fully saturated rings. The molecule has 0 spiro atoms. The predicted octanol–water partition coefficient (Wildman–Crippen LogP) is 4.49. The Bertz CT molecular complexity index is 328. The van der Waals surface area contributed by atoms with Crippen LogP contribution in [-0.2, 0) is 6.54 Å². The van der Waals surface area contributed by atoms with Gasteiger partial charge in [-0.1, -0.05) is 36.2 Å². The highest BCUT2D eigenvalue weighted by Crippen LogP contribution is 2.21. The second-order valence-corrected chi connectivity index (χ2v) is 4.92. The molecule has 0 saturated carbocycles. The van der Waals surface area contributed by atoms with Gasteiger partial charge in [-0.15, -0.1) is 11.6 Å². The lowest BCUT2D eigenvalue weighted by Crippen LogP contribution is -2.28. The number of halogens is 3. The van der Waals surface area contributed by atoms with E-state index in [4.69, 9.17) is 34.8 Å². The standard InChI is InChI=1S/C12H16Cl3N/c1-2-11(5-6-13)16-8-9-3-4-10(14)7-12(9)15/h3-4,7,11,16H,2,5-6,8H2,1H3. The molecule has 0 radical (unpaired) electrons. The third kappa shape index (κ3) is 4.50.